The lowest BCUT2D eigenvalue weighted by atomic mass is 10.2. The van der Waals surface area contributed by atoms with E-state index in [-0.39, 0.29) is 18.8 Å². The van der Waals surface area contributed by atoms with Crippen LogP contribution in [-0.4, -0.2) is 27.3 Å². The molecule has 7 nitrogen and oxygen atoms in total. The summed E-state index contributed by atoms with van der Waals surface area (Å²) in [5.74, 6) is -0.438. The molecule has 0 radical (unpaired) electrons. The molecule has 0 saturated heterocycles. The molecule has 0 aliphatic carbocycles. The fraction of sp³-hybridized carbons (Fsp3) is 0.636. The van der Waals surface area contributed by atoms with E-state index in [1.165, 1.54) is 4.68 Å². The Labute approximate surface area is 105 Å². The van der Waals surface area contributed by atoms with Crippen LogP contribution in [-0.2, 0) is 28.9 Å². The maximum absolute atomic E-state index is 11.4. The summed E-state index contributed by atoms with van der Waals surface area (Å²) >= 11 is 0. The van der Waals surface area contributed by atoms with Crippen LogP contribution < -0.4 is 0 Å². The van der Waals surface area contributed by atoms with Gasteiger partial charge in [0.05, 0.1) is 11.5 Å². The molecule has 0 aliphatic rings. The van der Waals surface area contributed by atoms with Gasteiger partial charge in [0.25, 0.3) is 0 Å². The lowest BCUT2D eigenvalue weighted by molar-refractivity contribution is -0.386. The van der Waals surface area contributed by atoms with E-state index in [2.05, 4.69) is 5.10 Å². The molecule has 18 heavy (non-hydrogen) atoms. The van der Waals surface area contributed by atoms with Crippen molar-refractivity contribution in [3.05, 3.63) is 21.5 Å². The Hall–Kier alpha value is -1.92. The van der Waals surface area contributed by atoms with Crippen molar-refractivity contribution in [3.63, 3.8) is 0 Å². The molecule has 0 aliphatic heterocycles. The molecule has 1 heterocycles. The molecule has 0 amide bonds. The maximum Gasteiger partial charge on any atom is 0.327 e. The molecule has 0 unspecified atom stereocenters. The van der Waals surface area contributed by atoms with Gasteiger partial charge in [0.15, 0.2) is 0 Å². The van der Waals surface area contributed by atoms with E-state index < -0.39 is 10.9 Å². The summed E-state index contributed by atoms with van der Waals surface area (Å²) in [6, 6.07) is 0. The summed E-state index contributed by atoms with van der Waals surface area (Å²) in [7, 11) is 0. The predicted octanol–water partition coefficient (Wildman–Crippen LogP) is 1.48. The van der Waals surface area contributed by atoms with E-state index in [0.29, 0.717) is 24.2 Å². The van der Waals surface area contributed by atoms with Gasteiger partial charge in [0.1, 0.15) is 17.9 Å². The Morgan fingerprint density at radius 1 is 1.39 bits per heavy atom. The van der Waals surface area contributed by atoms with Gasteiger partial charge in [-0.3, -0.25) is 19.6 Å². The first-order valence-electron chi connectivity index (χ1n) is 5.93. The quantitative estimate of drug-likeness (QED) is 0.436. The van der Waals surface area contributed by atoms with Crippen LogP contribution >= 0.6 is 0 Å². The minimum absolute atomic E-state index is 0.0179. The number of carbonyl (C=O) groups excluding carboxylic acids is 1. The van der Waals surface area contributed by atoms with Gasteiger partial charge < -0.3 is 4.74 Å². The SMILES string of the molecule is CCOC(=O)Cn1nc(CC)c([N+](=O)[O-])c1CC. The zero-order valence-electron chi connectivity index (χ0n) is 10.8. The van der Waals surface area contributed by atoms with Crippen molar-refractivity contribution in [2.75, 3.05) is 6.61 Å². The molecular weight excluding hydrogens is 238 g/mol. The topological polar surface area (TPSA) is 87.3 Å². The third-order valence-corrected chi connectivity index (χ3v) is 2.54. The van der Waals surface area contributed by atoms with Gasteiger partial charge in [0.2, 0.25) is 0 Å². The number of hydrogen-bond donors (Lipinski definition) is 0. The average Bonchev–Trinajstić information content (AvgIpc) is 2.66. The maximum atomic E-state index is 11.4. The van der Waals surface area contributed by atoms with E-state index in [4.69, 9.17) is 4.74 Å². The van der Waals surface area contributed by atoms with Crippen molar-refractivity contribution in [1.29, 1.82) is 0 Å². The number of aryl methyl sites for hydroxylation is 1. The number of carbonyl (C=O) groups is 1. The molecule has 0 spiro atoms. The summed E-state index contributed by atoms with van der Waals surface area (Å²) in [4.78, 5) is 22.0. The monoisotopic (exact) mass is 255 g/mol. The van der Waals surface area contributed by atoms with Gasteiger partial charge in [-0.1, -0.05) is 13.8 Å². The number of nitro groups is 1. The fourth-order valence-corrected chi connectivity index (χ4v) is 1.80. The van der Waals surface area contributed by atoms with Crippen LogP contribution in [0.2, 0.25) is 0 Å². The van der Waals surface area contributed by atoms with Crippen molar-refractivity contribution in [2.24, 2.45) is 0 Å². The molecule has 0 bridgehead atoms. The number of nitrogens with zero attached hydrogens (tertiary/aromatic N) is 3. The molecule has 0 N–H and O–H groups in total. The lowest BCUT2D eigenvalue weighted by Crippen LogP contribution is -2.16. The second-order valence-corrected chi connectivity index (χ2v) is 3.67. The number of aromatic nitrogens is 2. The zero-order chi connectivity index (χ0) is 13.7. The molecule has 1 aromatic heterocycles. The van der Waals surface area contributed by atoms with Gasteiger partial charge in [-0.05, 0) is 19.8 Å². The molecular formula is C11H17N3O4. The van der Waals surface area contributed by atoms with E-state index in [1.54, 1.807) is 20.8 Å². The molecule has 0 fully saturated rings. The first-order chi connectivity index (χ1) is 8.54. The number of hydrogen-bond acceptors (Lipinski definition) is 5. The van der Waals surface area contributed by atoms with Crippen molar-refractivity contribution >= 4 is 11.7 Å². The first kappa shape index (κ1) is 14.1. The van der Waals surface area contributed by atoms with Crippen LogP contribution in [0.1, 0.15) is 32.2 Å². The average molecular weight is 255 g/mol. The van der Waals surface area contributed by atoms with E-state index in [1.807, 2.05) is 0 Å². The third-order valence-electron chi connectivity index (χ3n) is 2.54. The second kappa shape index (κ2) is 6.13. The summed E-state index contributed by atoms with van der Waals surface area (Å²) in [5.41, 5.74) is 0.885. The normalized spacial score (nSPS) is 10.4. The Kier molecular flexibility index (Phi) is 4.82. The van der Waals surface area contributed by atoms with Gasteiger partial charge in [-0.15, -0.1) is 0 Å². The van der Waals surface area contributed by atoms with Crippen LogP contribution in [0.5, 0.6) is 0 Å². The summed E-state index contributed by atoms with van der Waals surface area (Å²) < 4.78 is 6.19. The largest absolute Gasteiger partial charge is 0.465 e. The van der Waals surface area contributed by atoms with Crippen LogP contribution in [0.25, 0.3) is 0 Å². The van der Waals surface area contributed by atoms with Gasteiger partial charge >= 0.3 is 11.7 Å². The van der Waals surface area contributed by atoms with E-state index >= 15 is 0 Å². The number of ether oxygens (including phenoxy) is 1. The van der Waals surface area contributed by atoms with Crippen LogP contribution in [0, 0.1) is 10.1 Å². The van der Waals surface area contributed by atoms with Gasteiger partial charge in [0, 0.05) is 0 Å². The molecule has 0 aromatic carbocycles. The summed E-state index contributed by atoms with van der Waals surface area (Å²) in [6.45, 7) is 5.50. The smallest absolute Gasteiger partial charge is 0.327 e. The molecule has 1 aromatic rings. The predicted molar refractivity (Wildman–Crippen MR) is 64.3 cm³/mol. The Balaban J connectivity index is 3.12. The molecule has 0 saturated carbocycles. The summed E-state index contributed by atoms with van der Waals surface area (Å²) in [5, 5.41) is 15.1. The standard InChI is InChI=1S/C11H17N3O4/c1-4-8-11(14(16)17)9(5-2)13(12-8)7-10(15)18-6-3/h4-7H2,1-3H3. The van der Waals surface area contributed by atoms with Crippen molar-refractivity contribution in [2.45, 2.75) is 40.2 Å². The highest BCUT2D eigenvalue weighted by atomic mass is 16.6. The summed E-state index contributed by atoms with van der Waals surface area (Å²) in [6.07, 6.45) is 0.905. The second-order valence-electron chi connectivity index (χ2n) is 3.67. The Bertz CT molecular complexity index is 453. The lowest BCUT2D eigenvalue weighted by Gasteiger charge is -2.04. The highest BCUT2D eigenvalue weighted by Crippen LogP contribution is 2.24. The van der Waals surface area contributed by atoms with Crippen LogP contribution in [0.15, 0.2) is 0 Å². The number of rotatable bonds is 6. The molecule has 7 heteroatoms. The highest BCUT2D eigenvalue weighted by Gasteiger charge is 2.26. The minimum Gasteiger partial charge on any atom is -0.465 e. The molecule has 0 atom stereocenters. The number of esters is 1. The van der Waals surface area contributed by atoms with Gasteiger partial charge in [-0.2, -0.15) is 5.10 Å². The van der Waals surface area contributed by atoms with Crippen molar-refractivity contribution in [3.8, 4) is 0 Å². The first-order valence-corrected chi connectivity index (χ1v) is 5.93. The Morgan fingerprint density at radius 2 is 2.06 bits per heavy atom. The van der Waals surface area contributed by atoms with Crippen LogP contribution in [0.3, 0.4) is 0 Å². The third kappa shape index (κ3) is 2.85. The molecule has 100 valence electrons. The van der Waals surface area contributed by atoms with E-state index in [0.717, 1.165) is 0 Å². The van der Waals surface area contributed by atoms with E-state index in [9.17, 15) is 14.9 Å². The van der Waals surface area contributed by atoms with Gasteiger partial charge in [-0.25, -0.2) is 0 Å². The Morgan fingerprint density at radius 3 is 2.50 bits per heavy atom. The molecule has 1 rings (SSSR count). The minimum atomic E-state index is -0.438. The zero-order valence-corrected chi connectivity index (χ0v) is 10.8. The fourth-order valence-electron chi connectivity index (χ4n) is 1.80. The van der Waals surface area contributed by atoms with Crippen LogP contribution in [0.4, 0.5) is 5.69 Å². The van der Waals surface area contributed by atoms with Crippen molar-refractivity contribution < 1.29 is 14.5 Å². The van der Waals surface area contributed by atoms with Crippen molar-refractivity contribution in [1.82, 2.24) is 9.78 Å². The highest BCUT2D eigenvalue weighted by molar-refractivity contribution is 5.69.